The third-order valence-electron chi connectivity index (χ3n) is 3.34. The first-order valence-corrected chi connectivity index (χ1v) is 6.56. The second-order valence-corrected chi connectivity index (χ2v) is 5.09. The average Bonchev–Trinajstić information content (AvgIpc) is 2.38. The third kappa shape index (κ3) is 3.67. The van der Waals surface area contributed by atoms with E-state index in [0.717, 1.165) is 12.8 Å². The quantitative estimate of drug-likeness (QED) is 0.862. The summed E-state index contributed by atoms with van der Waals surface area (Å²) in [6.45, 7) is 1.19. The number of rotatable bonds is 3. The topological polar surface area (TPSA) is 70.5 Å². The summed E-state index contributed by atoms with van der Waals surface area (Å²) in [5, 5.41) is 9.04. The van der Waals surface area contributed by atoms with Gasteiger partial charge in [0.2, 0.25) is 0 Å². The Balaban J connectivity index is 1.94. The maximum Gasteiger partial charge on any atom is 0.303 e. The fraction of sp³-hybridized carbons (Fsp3) is 0.462. The largest absolute Gasteiger partial charge is 0.481 e. The van der Waals surface area contributed by atoms with Crippen LogP contribution < -0.4 is 0 Å². The zero-order valence-corrected chi connectivity index (χ0v) is 11.1. The molecule has 0 bridgehead atoms. The zero-order chi connectivity index (χ0) is 13.8. The molecule has 1 amide bonds. The summed E-state index contributed by atoms with van der Waals surface area (Å²) < 4.78 is 0. The van der Waals surface area contributed by atoms with E-state index in [1.165, 1.54) is 6.20 Å². The molecule has 2 rings (SSSR count). The van der Waals surface area contributed by atoms with Crippen LogP contribution in [0.4, 0.5) is 0 Å². The number of carbonyl (C=O) groups is 2. The van der Waals surface area contributed by atoms with Crippen LogP contribution in [0.25, 0.3) is 0 Å². The molecule has 0 saturated carbocycles. The van der Waals surface area contributed by atoms with E-state index in [1.54, 1.807) is 17.0 Å². The van der Waals surface area contributed by atoms with Gasteiger partial charge >= 0.3 is 5.97 Å². The van der Waals surface area contributed by atoms with Gasteiger partial charge in [0.15, 0.2) is 0 Å². The van der Waals surface area contributed by atoms with Gasteiger partial charge in [0.05, 0.1) is 0 Å². The molecular formula is C13H15ClN2O3. The first kappa shape index (κ1) is 13.8. The summed E-state index contributed by atoms with van der Waals surface area (Å²) in [7, 11) is 0. The maximum absolute atomic E-state index is 12.2. The molecule has 0 atom stereocenters. The van der Waals surface area contributed by atoms with Crippen molar-refractivity contribution in [3.63, 3.8) is 0 Å². The number of halogens is 1. The number of amides is 1. The van der Waals surface area contributed by atoms with Gasteiger partial charge in [-0.25, -0.2) is 4.98 Å². The van der Waals surface area contributed by atoms with Crippen LogP contribution in [0.1, 0.15) is 29.6 Å². The summed E-state index contributed by atoms with van der Waals surface area (Å²) in [6, 6.07) is 3.19. The molecule has 0 aliphatic carbocycles. The van der Waals surface area contributed by atoms with Gasteiger partial charge < -0.3 is 10.0 Å². The van der Waals surface area contributed by atoms with Gasteiger partial charge in [-0.05, 0) is 30.9 Å². The zero-order valence-electron chi connectivity index (χ0n) is 10.4. The first-order valence-electron chi connectivity index (χ1n) is 6.19. The highest BCUT2D eigenvalue weighted by molar-refractivity contribution is 6.29. The van der Waals surface area contributed by atoms with Crippen molar-refractivity contribution in [2.75, 3.05) is 13.1 Å². The van der Waals surface area contributed by atoms with E-state index in [4.69, 9.17) is 16.7 Å². The molecule has 19 heavy (non-hydrogen) atoms. The lowest BCUT2D eigenvalue weighted by Crippen LogP contribution is -2.38. The van der Waals surface area contributed by atoms with E-state index in [2.05, 4.69) is 4.98 Å². The molecule has 1 aliphatic rings. The van der Waals surface area contributed by atoms with Gasteiger partial charge in [-0.15, -0.1) is 0 Å². The Bertz CT molecular complexity index is 485. The molecule has 1 aromatic rings. The Morgan fingerprint density at radius 3 is 2.68 bits per heavy atom. The summed E-state index contributed by atoms with van der Waals surface area (Å²) in [5.74, 6) is -0.675. The van der Waals surface area contributed by atoms with E-state index < -0.39 is 5.97 Å². The van der Waals surface area contributed by atoms with Crippen LogP contribution in [0, 0.1) is 5.92 Å². The number of likely N-dealkylation sites (tertiary alicyclic amines) is 1. The fourth-order valence-electron chi connectivity index (χ4n) is 2.31. The van der Waals surface area contributed by atoms with Gasteiger partial charge in [-0.2, -0.15) is 0 Å². The Hall–Kier alpha value is -1.62. The van der Waals surface area contributed by atoms with Crippen LogP contribution in [0.3, 0.4) is 0 Å². The number of piperidine rings is 1. The normalized spacial score (nSPS) is 16.4. The smallest absolute Gasteiger partial charge is 0.303 e. The van der Waals surface area contributed by atoms with Crippen molar-refractivity contribution in [3.8, 4) is 0 Å². The highest BCUT2D eigenvalue weighted by Gasteiger charge is 2.25. The van der Waals surface area contributed by atoms with Crippen molar-refractivity contribution in [1.82, 2.24) is 9.88 Å². The van der Waals surface area contributed by atoms with Gasteiger partial charge in [0.25, 0.3) is 5.91 Å². The van der Waals surface area contributed by atoms with E-state index >= 15 is 0 Å². The predicted octanol–water partition coefficient (Wildman–Crippen LogP) is 2.06. The predicted molar refractivity (Wildman–Crippen MR) is 70.1 cm³/mol. The Morgan fingerprint density at radius 1 is 1.42 bits per heavy atom. The molecule has 5 nitrogen and oxygen atoms in total. The minimum absolute atomic E-state index is 0.0712. The summed E-state index contributed by atoms with van der Waals surface area (Å²) in [6.07, 6.45) is 3.16. The third-order valence-corrected chi connectivity index (χ3v) is 3.55. The monoisotopic (exact) mass is 282 g/mol. The lowest BCUT2D eigenvalue weighted by atomic mass is 9.93. The van der Waals surface area contributed by atoms with Crippen molar-refractivity contribution in [2.45, 2.75) is 19.3 Å². The van der Waals surface area contributed by atoms with Crippen LogP contribution in [-0.2, 0) is 4.79 Å². The number of nitrogens with zero attached hydrogens (tertiary/aromatic N) is 2. The van der Waals surface area contributed by atoms with E-state index in [1.807, 2.05) is 0 Å². The minimum atomic E-state index is -0.773. The number of carboxylic acids is 1. The molecule has 6 heteroatoms. The van der Waals surface area contributed by atoms with Crippen molar-refractivity contribution >= 4 is 23.5 Å². The molecule has 0 unspecified atom stereocenters. The molecule has 2 heterocycles. The number of aromatic nitrogens is 1. The van der Waals surface area contributed by atoms with Crippen molar-refractivity contribution in [1.29, 1.82) is 0 Å². The van der Waals surface area contributed by atoms with Crippen LogP contribution in [0.2, 0.25) is 5.15 Å². The molecule has 102 valence electrons. The van der Waals surface area contributed by atoms with Gasteiger partial charge in [-0.3, -0.25) is 9.59 Å². The van der Waals surface area contributed by atoms with E-state index in [0.29, 0.717) is 23.8 Å². The van der Waals surface area contributed by atoms with E-state index in [-0.39, 0.29) is 18.2 Å². The average molecular weight is 283 g/mol. The standard InChI is InChI=1S/C13H15ClN2O3/c14-11-8-10(1-4-15-11)13(19)16-5-2-9(3-6-16)7-12(17)18/h1,4,8-9H,2-3,5-7H2,(H,17,18). The summed E-state index contributed by atoms with van der Waals surface area (Å²) >= 11 is 5.76. The Morgan fingerprint density at radius 2 is 2.11 bits per heavy atom. The molecular weight excluding hydrogens is 268 g/mol. The molecule has 1 aromatic heterocycles. The fourth-order valence-corrected chi connectivity index (χ4v) is 2.48. The number of hydrogen-bond acceptors (Lipinski definition) is 3. The van der Waals surface area contributed by atoms with Crippen molar-refractivity contribution in [2.24, 2.45) is 5.92 Å². The number of carboxylic acid groups (broad SMARTS) is 1. The maximum atomic E-state index is 12.2. The number of pyridine rings is 1. The van der Waals surface area contributed by atoms with Gasteiger partial charge in [0.1, 0.15) is 5.15 Å². The molecule has 1 saturated heterocycles. The van der Waals surface area contributed by atoms with Crippen molar-refractivity contribution in [3.05, 3.63) is 29.0 Å². The highest BCUT2D eigenvalue weighted by Crippen LogP contribution is 2.22. The second kappa shape index (κ2) is 6.02. The molecule has 0 spiro atoms. The van der Waals surface area contributed by atoms with Crippen LogP contribution in [0.15, 0.2) is 18.3 Å². The number of hydrogen-bond donors (Lipinski definition) is 1. The Labute approximate surface area is 116 Å². The first-order chi connectivity index (χ1) is 9.06. The van der Waals surface area contributed by atoms with Crippen LogP contribution >= 0.6 is 11.6 Å². The summed E-state index contributed by atoms with van der Waals surface area (Å²) in [5.41, 5.74) is 0.525. The minimum Gasteiger partial charge on any atom is -0.481 e. The highest BCUT2D eigenvalue weighted by atomic mass is 35.5. The number of carbonyl (C=O) groups excluding carboxylic acids is 1. The van der Waals surface area contributed by atoms with Crippen LogP contribution in [0.5, 0.6) is 0 Å². The molecule has 0 aromatic carbocycles. The van der Waals surface area contributed by atoms with E-state index in [9.17, 15) is 9.59 Å². The molecule has 1 fully saturated rings. The van der Waals surface area contributed by atoms with Gasteiger partial charge in [-0.1, -0.05) is 11.6 Å². The lowest BCUT2D eigenvalue weighted by molar-refractivity contribution is -0.138. The van der Waals surface area contributed by atoms with Crippen molar-refractivity contribution < 1.29 is 14.7 Å². The van der Waals surface area contributed by atoms with Crippen LogP contribution in [-0.4, -0.2) is 40.0 Å². The molecule has 0 radical (unpaired) electrons. The molecule has 1 aliphatic heterocycles. The number of aliphatic carboxylic acids is 1. The molecule has 1 N–H and O–H groups in total. The SMILES string of the molecule is O=C(O)CC1CCN(C(=O)c2ccnc(Cl)c2)CC1. The second-order valence-electron chi connectivity index (χ2n) is 4.70. The Kier molecular flexibility index (Phi) is 4.37. The summed E-state index contributed by atoms with van der Waals surface area (Å²) in [4.78, 5) is 28.4. The lowest BCUT2D eigenvalue weighted by Gasteiger charge is -2.31. The van der Waals surface area contributed by atoms with Gasteiger partial charge in [0, 0.05) is 31.3 Å².